The Balaban J connectivity index is 2.11. The van der Waals surface area contributed by atoms with E-state index in [1.807, 2.05) is 0 Å². The van der Waals surface area contributed by atoms with Crippen molar-refractivity contribution in [2.24, 2.45) is 0 Å². The van der Waals surface area contributed by atoms with Gasteiger partial charge in [0, 0.05) is 6.42 Å². The van der Waals surface area contributed by atoms with E-state index in [-0.39, 0.29) is 0 Å². The summed E-state index contributed by atoms with van der Waals surface area (Å²) in [4.78, 5) is 0. The molecule has 1 atom stereocenters. The monoisotopic (exact) mass is 292 g/mol. The van der Waals surface area contributed by atoms with E-state index >= 15 is 0 Å². The molecule has 0 N–H and O–H groups in total. The molecule has 0 fully saturated rings. The topological polar surface area (TPSA) is 0 Å². The van der Waals surface area contributed by atoms with Crippen molar-refractivity contribution in [1.29, 1.82) is 0 Å². The summed E-state index contributed by atoms with van der Waals surface area (Å²) in [6, 6.07) is 0.713. The Labute approximate surface area is 133 Å². The first-order valence-corrected chi connectivity index (χ1v) is 9.22. The highest BCUT2D eigenvalue weighted by atomic mass is 15.3. The molecular weight excluding hydrogens is 254 g/mol. The van der Waals surface area contributed by atoms with Gasteiger partial charge in [0.1, 0.15) is 6.04 Å². The van der Waals surface area contributed by atoms with E-state index in [9.17, 15) is 0 Å². The fourth-order valence-corrected chi connectivity index (χ4v) is 3.43. The van der Waals surface area contributed by atoms with E-state index in [1.165, 1.54) is 70.6 Å². The second-order valence-corrected chi connectivity index (χ2v) is 7.62. The Kier molecular flexibility index (Phi) is 8.99. The summed E-state index contributed by atoms with van der Waals surface area (Å²) < 4.78 is 1.07. The molecule has 122 valence electrons. The zero-order valence-corrected chi connectivity index (χ0v) is 15.0. The summed E-state index contributed by atoms with van der Waals surface area (Å²) in [5.41, 5.74) is 1.64. The molecule has 0 aliphatic heterocycles. The zero-order valence-electron chi connectivity index (χ0n) is 15.0. The highest BCUT2D eigenvalue weighted by Crippen LogP contribution is 2.26. The van der Waals surface area contributed by atoms with E-state index in [0.717, 1.165) is 4.48 Å². The van der Waals surface area contributed by atoms with Gasteiger partial charge in [-0.05, 0) is 18.4 Å². The SMILES string of the molecule is CCCCCCCCCCCC(C1=CC=CC1)[N+](C)(C)C. The molecule has 0 amide bonds. The number of allylic oxidation sites excluding steroid dienone is 3. The van der Waals surface area contributed by atoms with Gasteiger partial charge < -0.3 is 4.48 Å². The highest BCUT2D eigenvalue weighted by molar-refractivity contribution is 5.26. The molecule has 1 unspecified atom stereocenters. The Morgan fingerprint density at radius 1 is 0.905 bits per heavy atom. The van der Waals surface area contributed by atoms with Crippen LogP contribution in [0.2, 0.25) is 0 Å². The van der Waals surface area contributed by atoms with Gasteiger partial charge in [0.05, 0.1) is 21.1 Å². The smallest absolute Gasteiger partial charge is 0.111 e. The largest absolute Gasteiger partial charge is 0.325 e. The second kappa shape index (κ2) is 10.2. The number of likely N-dealkylation sites (N-methyl/N-ethyl adjacent to an activating group) is 1. The third-order valence-electron chi connectivity index (χ3n) is 4.74. The molecule has 1 aliphatic carbocycles. The lowest BCUT2D eigenvalue weighted by Crippen LogP contribution is -2.46. The highest BCUT2D eigenvalue weighted by Gasteiger charge is 2.27. The normalized spacial score (nSPS) is 16.3. The molecule has 0 radical (unpaired) electrons. The summed E-state index contributed by atoms with van der Waals surface area (Å²) in [7, 11) is 7.03. The quantitative estimate of drug-likeness (QED) is 0.312. The molecule has 1 heteroatoms. The minimum Gasteiger partial charge on any atom is -0.325 e. The maximum absolute atomic E-state index is 2.35. The van der Waals surface area contributed by atoms with Gasteiger partial charge in [-0.3, -0.25) is 0 Å². The van der Waals surface area contributed by atoms with Crippen molar-refractivity contribution in [1.82, 2.24) is 0 Å². The molecule has 0 heterocycles. The third kappa shape index (κ3) is 7.85. The molecule has 21 heavy (non-hydrogen) atoms. The van der Waals surface area contributed by atoms with Crippen LogP contribution in [0.3, 0.4) is 0 Å². The standard InChI is InChI=1S/C20H38N/c1-5-6-7-8-9-10-11-12-13-18-20(21(2,3)4)19-16-14-15-17-19/h14-16,20H,5-13,17-18H2,1-4H3/q+1. The van der Waals surface area contributed by atoms with Gasteiger partial charge in [0.25, 0.3) is 0 Å². The van der Waals surface area contributed by atoms with Crippen LogP contribution >= 0.6 is 0 Å². The molecule has 0 saturated carbocycles. The van der Waals surface area contributed by atoms with E-state index < -0.39 is 0 Å². The van der Waals surface area contributed by atoms with Crippen LogP contribution < -0.4 is 0 Å². The van der Waals surface area contributed by atoms with Crippen LogP contribution in [0.5, 0.6) is 0 Å². The predicted molar refractivity (Wildman–Crippen MR) is 95.5 cm³/mol. The molecule has 0 aromatic heterocycles. The predicted octanol–water partition coefficient (Wildman–Crippen LogP) is 5.87. The number of rotatable bonds is 12. The summed E-state index contributed by atoms with van der Waals surface area (Å²) >= 11 is 0. The van der Waals surface area contributed by atoms with E-state index in [4.69, 9.17) is 0 Å². The van der Waals surface area contributed by atoms with Gasteiger partial charge in [-0.1, -0.05) is 76.5 Å². The van der Waals surface area contributed by atoms with Crippen LogP contribution in [0.15, 0.2) is 23.8 Å². The summed E-state index contributed by atoms with van der Waals surface area (Å²) in [6.45, 7) is 2.29. The molecule has 1 rings (SSSR count). The van der Waals surface area contributed by atoms with Crippen molar-refractivity contribution < 1.29 is 4.48 Å². The molecule has 1 nitrogen and oxygen atoms in total. The fourth-order valence-electron chi connectivity index (χ4n) is 3.43. The van der Waals surface area contributed by atoms with Crippen LogP contribution in [0, 0.1) is 0 Å². The van der Waals surface area contributed by atoms with Crippen molar-refractivity contribution in [2.75, 3.05) is 21.1 Å². The lowest BCUT2D eigenvalue weighted by atomic mass is 9.96. The Morgan fingerprint density at radius 3 is 1.95 bits per heavy atom. The Bertz CT molecular complexity index is 319. The van der Waals surface area contributed by atoms with Crippen LogP contribution in [0.25, 0.3) is 0 Å². The third-order valence-corrected chi connectivity index (χ3v) is 4.74. The molecule has 0 aromatic rings. The molecule has 0 saturated heterocycles. The van der Waals surface area contributed by atoms with Gasteiger partial charge >= 0.3 is 0 Å². The van der Waals surface area contributed by atoms with E-state index in [1.54, 1.807) is 5.57 Å². The van der Waals surface area contributed by atoms with Crippen LogP contribution in [0.1, 0.15) is 77.6 Å². The average Bonchev–Trinajstić information content (AvgIpc) is 2.93. The number of nitrogens with zero attached hydrogens (tertiary/aromatic N) is 1. The van der Waals surface area contributed by atoms with Crippen molar-refractivity contribution in [3.8, 4) is 0 Å². The van der Waals surface area contributed by atoms with Gasteiger partial charge in [-0.2, -0.15) is 0 Å². The van der Waals surface area contributed by atoms with E-state index in [2.05, 4.69) is 46.3 Å². The van der Waals surface area contributed by atoms with Crippen LogP contribution in [0.4, 0.5) is 0 Å². The van der Waals surface area contributed by atoms with Crippen molar-refractivity contribution in [3.63, 3.8) is 0 Å². The van der Waals surface area contributed by atoms with Crippen molar-refractivity contribution >= 4 is 0 Å². The minimum absolute atomic E-state index is 0.713. The summed E-state index contributed by atoms with van der Waals surface area (Å²) in [6.07, 6.45) is 22.2. The first-order chi connectivity index (χ1) is 10.1. The maximum atomic E-state index is 2.35. The Morgan fingerprint density at radius 2 is 1.48 bits per heavy atom. The number of hydrogen-bond donors (Lipinski definition) is 0. The lowest BCUT2D eigenvalue weighted by molar-refractivity contribution is -0.890. The van der Waals surface area contributed by atoms with Crippen molar-refractivity contribution in [2.45, 2.75) is 83.6 Å². The Hall–Kier alpha value is -0.560. The molecule has 0 spiro atoms. The van der Waals surface area contributed by atoms with E-state index in [0.29, 0.717) is 6.04 Å². The first-order valence-electron chi connectivity index (χ1n) is 9.22. The minimum atomic E-state index is 0.713. The molecule has 0 bridgehead atoms. The number of hydrogen-bond acceptors (Lipinski definition) is 0. The zero-order chi connectivity index (χ0) is 15.6. The average molecular weight is 293 g/mol. The first kappa shape index (κ1) is 18.5. The van der Waals surface area contributed by atoms with Crippen molar-refractivity contribution in [3.05, 3.63) is 23.8 Å². The van der Waals surface area contributed by atoms with Gasteiger partial charge in [0.15, 0.2) is 0 Å². The van der Waals surface area contributed by atoms with Gasteiger partial charge in [-0.25, -0.2) is 0 Å². The fraction of sp³-hybridized carbons (Fsp3) is 0.800. The molecular formula is C20H38N+. The summed E-state index contributed by atoms with van der Waals surface area (Å²) in [5, 5.41) is 0. The maximum Gasteiger partial charge on any atom is 0.111 e. The molecule has 1 aliphatic rings. The summed E-state index contributed by atoms with van der Waals surface area (Å²) in [5.74, 6) is 0. The van der Waals surface area contributed by atoms with Gasteiger partial charge in [-0.15, -0.1) is 0 Å². The van der Waals surface area contributed by atoms with Crippen LogP contribution in [-0.2, 0) is 0 Å². The number of quaternary nitrogens is 1. The molecule has 0 aromatic carbocycles. The lowest BCUT2D eigenvalue weighted by Gasteiger charge is -2.35. The van der Waals surface area contributed by atoms with Crippen LogP contribution in [-0.4, -0.2) is 31.7 Å². The second-order valence-electron chi connectivity index (χ2n) is 7.62. The number of unbranched alkanes of at least 4 members (excludes halogenated alkanes) is 8. The van der Waals surface area contributed by atoms with Gasteiger partial charge in [0.2, 0.25) is 0 Å².